The van der Waals surface area contributed by atoms with Crippen LogP contribution in [0.4, 0.5) is 4.39 Å². The highest BCUT2D eigenvalue weighted by Gasteiger charge is 2.23. The molecule has 1 aliphatic heterocycles. The van der Waals surface area contributed by atoms with Crippen molar-refractivity contribution >= 4 is 12.1 Å². The second-order valence-corrected chi connectivity index (χ2v) is 6.47. The summed E-state index contributed by atoms with van der Waals surface area (Å²) in [5, 5.41) is 6.67. The van der Waals surface area contributed by atoms with Crippen molar-refractivity contribution in [1.29, 1.82) is 0 Å². The number of ether oxygens (including phenoxy) is 1. The fourth-order valence-electron chi connectivity index (χ4n) is 3.19. The Morgan fingerprint density at radius 3 is 2.71 bits per heavy atom. The molecule has 148 valence electrons. The van der Waals surface area contributed by atoms with Crippen LogP contribution in [0, 0.1) is 5.82 Å². The van der Waals surface area contributed by atoms with Crippen LogP contribution in [0.5, 0.6) is 0 Å². The highest BCUT2D eigenvalue weighted by molar-refractivity contribution is 5.95. The summed E-state index contributed by atoms with van der Waals surface area (Å²) in [5.41, 5.74) is 2.23. The second kappa shape index (κ2) is 9.96. The molecular formula is C21H24FN3O3. The van der Waals surface area contributed by atoms with Gasteiger partial charge in [0.2, 0.25) is 0 Å². The minimum Gasteiger partial charge on any atom is -0.399 e. The number of oxime groups is 1. The summed E-state index contributed by atoms with van der Waals surface area (Å²) in [7, 11) is 1.47. The Labute approximate surface area is 163 Å². The summed E-state index contributed by atoms with van der Waals surface area (Å²) in [6.07, 6.45) is 1.57. The number of morpholine rings is 1. The molecule has 1 atom stereocenters. The standard InChI is InChI=1S/C21H24FN3O3/c1-27-24-14-16-5-7-17(8-6-16)21(26)23-15-20(25-9-11-28-12-10-25)18-3-2-4-19(22)13-18/h2-8,13-14,20H,9-12,15H2,1H3,(H,23,26)/b24-14+. The molecule has 0 bridgehead atoms. The zero-order valence-corrected chi connectivity index (χ0v) is 15.8. The lowest BCUT2D eigenvalue weighted by molar-refractivity contribution is 0.0162. The van der Waals surface area contributed by atoms with E-state index in [9.17, 15) is 9.18 Å². The van der Waals surface area contributed by atoms with Crippen molar-refractivity contribution in [3.8, 4) is 0 Å². The summed E-state index contributed by atoms with van der Waals surface area (Å²) in [6.45, 7) is 3.12. The number of hydrogen-bond acceptors (Lipinski definition) is 5. The Hall–Kier alpha value is -2.77. The maximum absolute atomic E-state index is 13.7. The van der Waals surface area contributed by atoms with E-state index in [1.54, 1.807) is 36.5 Å². The van der Waals surface area contributed by atoms with Gasteiger partial charge in [-0.1, -0.05) is 29.4 Å². The van der Waals surface area contributed by atoms with E-state index in [0.29, 0.717) is 25.3 Å². The van der Waals surface area contributed by atoms with Gasteiger partial charge in [-0.25, -0.2) is 4.39 Å². The lowest BCUT2D eigenvalue weighted by Gasteiger charge is -2.35. The van der Waals surface area contributed by atoms with E-state index in [0.717, 1.165) is 24.2 Å². The number of hydrogen-bond donors (Lipinski definition) is 1. The molecule has 1 amide bonds. The van der Waals surface area contributed by atoms with Gasteiger partial charge in [0.15, 0.2) is 0 Å². The molecule has 0 radical (unpaired) electrons. The van der Waals surface area contributed by atoms with Crippen molar-refractivity contribution < 1.29 is 18.8 Å². The Bertz CT molecular complexity index is 805. The van der Waals surface area contributed by atoms with Gasteiger partial charge in [0.05, 0.1) is 25.5 Å². The van der Waals surface area contributed by atoms with E-state index in [-0.39, 0.29) is 17.8 Å². The molecular weight excluding hydrogens is 361 g/mol. The highest BCUT2D eigenvalue weighted by atomic mass is 19.1. The average molecular weight is 385 g/mol. The molecule has 3 rings (SSSR count). The smallest absolute Gasteiger partial charge is 0.251 e. The topological polar surface area (TPSA) is 63.2 Å². The Kier molecular flexibility index (Phi) is 7.11. The van der Waals surface area contributed by atoms with Gasteiger partial charge in [0.1, 0.15) is 12.9 Å². The zero-order valence-electron chi connectivity index (χ0n) is 15.8. The fourth-order valence-corrected chi connectivity index (χ4v) is 3.19. The Morgan fingerprint density at radius 1 is 1.29 bits per heavy atom. The van der Waals surface area contributed by atoms with Crippen LogP contribution in [0.15, 0.2) is 53.7 Å². The molecule has 7 heteroatoms. The molecule has 1 N–H and O–H groups in total. The maximum Gasteiger partial charge on any atom is 0.251 e. The van der Waals surface area contributed by atoms with E-state index in [2.05, 4.69) is 20.2 Å². The zero-order chi connectivity index (χ0) is 19.8. The minimum absolute atomic E-state index is 0.114. The van der Waals surface area contributed by atoms with Crippen LogP contribution in [0.25, 0.3) is 0 Å². The van der Waals surface area contributed by atoms with E-state index < -0.39 is 0 Å². The molecule has 0 spiro atoms. The number of amides is 1. The predicted molar refractivity (Wildman–Crippen MR) is 105 cm³/mol. The normalized spacial score (nSPS) is 16.1. The summed E-state index contributed by atoms with van der Waals surface area (Å²) in [4.78, 5) is 19.4. The molecule has 0 aromatic heterocycles. The van der Waals surface area contributed by atoms with Gasteiger partial charge < -0.3 is 14.9 Å². The SMILES string of the molecule is CO/N=C/c1ccc(C(=O)NCC(c2cccc(F)c2)N2CCOCC2)cc1. The first-order chi connectivity index (χ1) is 13.7. The van der Waals surface area contributed by atoms with Gasteiger partial charge in [-0.2, -0.15) is 0 Å². The predicted octanol–water partition coefficient (Wildman–Crippen LogP) is 2.61. The van der Waals surface area contributed by atoms with E-state index in [4.69, 9.17) is 4.74 Å². The van der Waals surface area contributed by atoms with Gasteiger partial charge in [-0.15, -0.1) is 0 Å². The molecule has 0 aliphatic carbocycles. The number of rotatable bonds is 7. The number of nitrogens with one attached hydrogen (secondary N) is 1. The van der Waals surface area contributed by atoms with Crippen molar-refractivity contribution in [1.82, 2.24) is 10.2 Å². The molecule has 2 aromatic rings. The first kappa shape index (κ1) is 20.0. The molecule has 0 saturated carbocycles. The quantitative estimate of drug-likeness (QED) is 0.588. The van der Waals surface area contributed by atoms with Crippen molar-refractivity contribution in [2.75, 3.05) is 40.0 Å². The van der Waals surface area contributed by atoms with Crippen molar-refractivity contribution in [3.05, 3.63) is 71.0 Å². The number of halogens is 1. The second-order valence-electron chi connectivity index (χ2n) is 6.47. The summed E-state index contributed by atoms with van der Waals surface area (Å²) < 4.78 is 19.2. The molecule has 1 saturated heterocycles. The molecule has 1 heterocycles. The van der Waals surface area contributed by atoms with E-state index >= 15 is 0 Å². The number of carbonyl (C=O) groups excluding carboxylic acids is 1. The van der Waals surface area contributed by atoms with Gasteiger partial charge in [0.25, 0.3) is 5.91 Å². The lowest BCUT2D eigenvalue weighted by atomic mass is 10.0. The van der Waals surface area contributed by atoms with Gasteiger partial charge in [-0.3, -0.25) is 9.69 Å². The van der Waals surface area contributed by atoms with Crippen LogP contribution in [0.2, 0.25) is 0 Å². The van der Waals surface area contributed by atoms with E-state index in [1.165, 1.54) is 19.2 Å². The maximum atomic E-state index is 13.7. The highest BCUT2D eigenvalue weighted by Crippen LogP contribution is 2.22. The summed E-state index contributed by atoms with van der Waals surface area (Å²) in [5.74, 6) is -0.458. The third-order valence-electron chi connectivity index (χ3n) is 4.66. The monoisotopic (exact) mass is 385 g/mol. The Balaban J connectivity index is 1.68. The summed E-state index contributed by atoms with van der Waals surface area (Å²) >= 11 is 0. The van der Waals surface area contributed by atoms with Crippen LogP contribution in [-0.2, 0) is 9.57 Å². The molecule has 1 fully saturated rings. The molecule has 2 aromatic carbocycles. The molecule has 28 heavy (non-hydrogen) atoms. The van der Waals surface area contributed by atoms with Gasteiger partial charge in [-0.05, 0) is 35.4 Å². The number of nitrogens with zero attached hydrogens (tertiary/aromatic N) is 2. The molecule has 1 aliphatic rings. The van der Waals surface area contributed by atoms with Crippen LogP contribution >= 0.6 is 0 Å². The fraction of sp³-hybridized carbons (Fsp3) is 0.333. The largest absolute Gasteiger partial charge is 0.399 e. The lowest BCUT2D eigenvalue weighted by Crippen LogP contribution is -2.43. The van der Waals surface area contributed by atoms with Crippen molar-refractivity contribution in [2.24, 2.45) is 5.16 Å². The third-order valence-corrected chi connectivity index (χ3v) is 4.66. The first-order valence-electron chi connectivity index (χ1n) is 9.19. The first-order valence-corrected chi connectivity index (χ1v) is 9.19. The van der Waals surface area contributed by atoms with Crippen LogP contribution in [-0.4, -0.2) is 57.0 Å². The van der Waals surface area contributed by atoms with Crippen LogP contribution in [0.1, 0.15) is 27.5 Å². The Morgan fingerprint density at radius 2 is 2.04 bits per heavy atom. The van der Waals surface area contributed by atoms with Crippen molar-refractivity contribution in [3.63, 3.8) is 0 Å². The van der Waals surface area contributed by atoms with Crippen LogP contribution < -0.4 is 5.32 Å². The average Bonchev–Trinajstić information content (AvgIpc) is 2.73. The van der Waals surface area contributed by atoms with Crippen molar-refractivity contribution in [2.45, 2.75) is 6.04 Å². The van der Waals surface area contributed by atoms with Gasteiger partial charge >= 0.3 is 0 Å². The summed E-state index contributed by atoms with van der Waals surface area (Å²) in [6, 6.07) is 13.5. The number of benzene rings is 2. The molecule has 6 nitrogen and oxygen atoms in total. The van der Waals surface area contributed by atoms with E-state index in [1.807, 2.05) is 6.07 Å². The van der Waals surface area contributed by atoms with Gasteiger partial charge in [0, 0.05) is 25.2 Å². The van der Waals surface area contributed by atoms with Crippen LogP contribution in [0.3, 0.4) is 0 Å². The third kappa shape index (κ3) is 5.37. The number of carbonyl (C=O) groups is 1. The minimum atomic E-state index is -0.282. The molecule has 1 unspecified atom stereocenters.